The van der Waals surface area contributed by atoms with Crippen molar-refractivity contribution in [2.24, 2.45) is 11.3 Å². The second kappa shape index (κ2) is 4.12. The molecule has 1 atom stereocenters. The zero-order chi connectivity index (χ0) is 10.8. The van der Waals surface area contributed by atoms with Crippen molar-refractivity contribution in [3.63, 3.8) is 0 Å². The highest BCUT2D eigenvalue weighted by molar-refractivity contribution is 5.92. The van der Waals surface area contributed by atoms with Crippen LogP contribution >= 0.6 is 0 Å². The van der Waals surface area contributed by atoms with Gasteiger partial charge in [-0.25, -0.2) is 0 Å². The maximum atomic E-state index is 11.1. The van der Waals surface area contributed by atoms with Crippen LogP contribution in [0, 0.1) is 11.3 Å². The lowest BCUT2D eigenvalue weighted by atomic mass is 9.71. The van der Waals surface area contributed by atoms with Crippen LogP contribution in [0.5, 0.6) is 0 Å². The molecule has 0 saturated carbocycles. The first-order chi connectivity index (χ1) is 6.43. The van der Waals surface area contributed by atoms with E-state index < -0.39 is 0 Å². The Morgan fingerprint density at radius 1 is 1.43 bits per heavy atom. The summed E-state index contributed by atoms with van der Waals surface area (Å²) in [7, 11) is 0. The van der Waals surface area contributed by atoms with Gasteiger partial charge in [-0.15, -0.1) is 0 Å². The largest absolute Gasteiger partial charge is 0.295 e. The average molecular weight is 192 g/mol. The molecule has 0 heterocycles. The van der Waals surface area contributed by atoms with Crippen molar-refractivity contribution in [3.05, 3.63) is 23.8 Å². The molecule has 0 fully saturated rings. The van der Waals surface area contributed by atoms with E-state index in [0.29, 0.717) is 11.3 Å². The summed E-state index contributed by atoms with van der Waals surface area (Å²) in [6.45, 7) is 8.07. The third-order valence-electron chi connectivity index (χ3n) is 3.19. The van der Waals surface area contributed by atoms with Gasteiger partial charge in [0.15, 0.2) is 5.78 Å². The van der Waals surface area contributed by atoms with Gasteiger partial charge < -0.3 is 0 Å². The average Bonchev–Trinajstić information content (AvgIpc) is 2.08. The summed E-state index contributed by atoms with van der Waals surface area (Å²) in [4.78, 5) is 11.1. The van der Waals surface area contributed by atoms with Crippen molar-refractivity contribution >= 4 is 5.78 Å². The molecule has 1 unspecified atom stereocenters. The molecular weight excluding hydrogens is 172 g/mol. The van der Waals surface area contributed by atoms with Gasteiger partial charge in [0.05, 0.1) is 0 Å². The van der Waals surface area contributed by atoms with Crippen molar-refractivity contribution in [2.75, 3.05) is 0 Å². The molecule has 0 amide bonds. The Labute approximate surface area is 86.9 Å². The topological polar surface area (TPSA) is 17.1 Å². The smallest absolute Gasteiger partial charge is 0.155 e. The number of carbonyl (C=O) groups is 1. The normalized spacial score (nSPS) is 26.3. The van der Waals surface area contributed by atoms with E-state index in [4.69, 9.17) is 0 Å². The van der Waals surface area contributed by atoms with Crippen LogP contribution in [-0.2, 0) is 4.79 Å². The number of hydrogen-bond acceptors (Lipinski definition) is 1. The van der Waals surface area contributed by atoms with Crippen LogP contribution in [0.25, 0.3) is 0 Å². The number of rotatable bonds is 2. The first-order valence-corrected chi connectivity index (χ1v) is 5.29. The van der Waals surface area contributed by atoms with Gasteiger partial charge >= 0.3 is 0 Å². The monoisotopic (exact) mass is 192 g/mol. The van der Waals surface area contributed by atoms with Crippen LogP contribution in [0.4, 0.5) is 0 Å². The highest BCUT2D eigenvalue weighted by Crippen LogP contribution is 2.38. The van der Waals surface area contributed by atoms with Crippen LogP contribution in [0.2, 0.25) is 0 Å². The fraction of sp³-hybridized carbons (Fsp3) is 0.615. The first-order valence-electron chi connectivity index (χ1n) is 5.29. The Morgan fingerprint density at radius 2 is 2.07 bits per heavy atom. The second-order valence-electron chi connectivity index (χ2n) is 4.89. The maximum absolute atomic E-state index is 11.1. The minimum absolute atomic E-state index is 0.180. The number of Topliss-reactive ketones (excluding diaryl/α,β-unsaturated/α-hetero) is 1. The van der Waals surface area contributed by atoms with Crippen molar-refractivity contribution < 1.29 is 4.79 Å². The van der Waals surface area contributed by atoms with Crippen molar-refractivity contribution in [1.29, 1.82) is 0 Å². The Kier molecular flexibility index (Phi) is 3.30. The molecule has 1 rings (SSSR count). The van der Waals surface area contributed by atoms with Crippen LogP contribution in [-0.4, -0.2) is 5.78 Å². The van der Waals surface area contributed by atoms with Gasteiger partial charge in [0.1, 0.15) is 0 Å². The number of hydrogen-bond donors (Lipinski definition) is 0. The highest BCUT2D eigenvalue weighted by Gasteiger charge is 2.27. The molecule has 0 saturated heterocycles. The predicted octanol–water partition coefficient (Wildman–Crippen LogP) is 3.51. The SMILES string of the molecule is CC(=O)C(C)=CC1C=CCCC1(C)C. The van der Waals surface area contributed by atoms with Crippen molar-refractivity contribution in [1.82, 2.24) is 0 Å². The molecule has 0 bridgehead atoms. The van der Waals surface area contributed by atoms with E-state index >= 15 is 0 Å². The Bertz CT molecular complexity index is 282. The van der Waals surface area contributed by atoms with Gasteiger partial charge in [-0.1, -0.05) is 32.1 Å². The Morgan fingerprint density at radius 3 is 2.57 bits per heavy atom. The van der Waals surface area contributed by atoms with Crippen LogP contribution in [0.3, 0.4) is 0 Å². The van der Waals surface area contributed by atoms with Crippen LogP contribution < -0.4 is 0 Å². The quantitative estimate of drug-likeness (QED) is 0.483. The van der Waals surface area contributed by atoms with Crippen molar-refractivity contribution in [3.8, 4) is 0 Å². The molecule has 1 aliphatic rings. The molecule has 1 heteroatoms. The van der Waals surface area contributed by atoms with E-state index in [9.17, 15) is 4.79 Å². The first kappa shape index (κ1) is 11.2. The van der Waals surface area contributed by atoms with Gasteiger partial charge in [0, 0.05) is 5.92 Å². The summed E-state index contributed by atoms with van der Waals surface area (Å²) in [5.74, 6) is 0.597. The van der Waals surface area contributed by atoms with Crippen LogP contribution in [0.1, 0.15) is 40.5 Å². The Balaban J connectivity index is 2.86. The van der Waals surface area contributed by atoms with Gasteiger partial charge in [0.2, 0.25) is 0 Å². The third-order valence-corrected chi connectivity index (χ3v) is 3.19. The second-order valence-corrected chi connectivity index (χ2v) is 4.89. The van der Waals surface area contributed by atoms with Crippen LogP contribution in [0.15, 0.2) is 23.8 Å². The van der Waals surface area contributed by atoms with E-state index in [1.165, 1.54) is 6.42 Å². The molecule has 0 aliphatic heterocycles. The van der Waals surface area contributed by atoms with E-state index in [0.717, 1.165) is 12.0 Å². The minimum atomic E-state index is 0.180. The summed E-state index contributed by atoms with van der Waals surface area (Å²) >= 11 is 0. The summed E-state index contributed by atoms with van der Waals surface area (Å²) in [5, 5.41) is 0. The summed E-state index contributed by atoms with van der Waals surface area (Å²) in [6, 6.07) is 0. The molecule has 0 aromatic carbocycles. The fourth-order valence-corrected chi connectivity index (χ4v) is 1.79. The molecule has 14 heavy (non-hydrogen) atoms. The zero-order valence-corrected chi connectivity index (χ0v) is 9.63. The van der Waals surface area contributed by atoms with E-state index in [1.807, 2.05) is 6.92 Å². The molecule has 0 aromatic heterocycles. The molecule has 1 aliphatic carbocycles. The van der Waals surface area contributed by atoms with Gasteiger partial charge in [0.25, 0.3) is 0 Å². The van der Waals surface area contributed by atoms with E-state index in [-0.39, 0.29) is 5.78 Å². The molecule has 78 valence electrons. The maximum Gasteiger partial charge on any atom is 0.155 e. The summed E-state index contributed by atoms with van der Waals surface area (Å²) in [5.41, 5.74) is 1.18. The zero-order valence-electron chi connectivity index (χ0n) is 9.63. The van der Waals surface area contributed by atoms with Gasteiger partial charge in [-0.3, -0.25) is 4.79 Å². The third kappa shape index (κ3) is 2.57. The highest BCUT2D eigenvalue weighted by atomic mass is 16.1. The van der Waals surface area contributed by atoms with E-state index in [2.05, 4.69) is 32.1 Å². The molecule has 0 spiro atoms. The van der Waals surface area contributed by atoms with Gasteiger partial charge in [-0.05, 0) is 37.7 Å². The Hall–Kier alpha value is -0.850. The minimum Gasteiger partial charge on any atom is -0.295 e. The molecular formula is C13H20O. The lowest BCUT2D eigenvalue weighted by molar-refractivity contribution is -0.113. The number of carbonyl (C=O) groups excluding carboxylic acids is 1. The molecule has 0 aromatic rings. The van der Waals surface area contributed by atoms with E-state index in [1.54, 1.807) is 6.92 Å². The standard InChI is InChI=1S/C13H20O/c1-10(11(2)14)9-12-7-5-6-8-13(12,3)4/h5,7,9,12H,6,8H2,1-4H3. The summed E-state index contributed by atoms with van der Waals surface area (Å²) in [6.07, 6.45) is 8.93. The molecule has 0 radical (unpaired) electrons. The number of allylic oxidation sites excluding steroid dienone is 4. The lowest BCUT2D eigenvalue weighted by Crippen LogP contribution is -2.23. The lowest BCUT2D eigenvalue weighted by Gasteiger charge is -2.33. The molecule has 1 nitrogen and oxygen atoms in total. The molecule has 0 N–H and O–H groups in total. The number of ketones is 1. The van der Waals surface area contributed by atoms with Gasteiger partial charge in [-0.2, -0.15) is 0 Å². The predicted molar refractivity (Wildman–Crippen MR) is 60.1 cm³/mol. The summed E-state index contributed by atoms with van der Waals surface area (Å²) < 4.78 is 0. The van der Waals surface area contributed by atoms with Crippen molar-refractivity contribution in [2.45, 2.75) is 40.5 Å². The fourth-order valence-electron chi connectivity index (χ4n) is 1.79.